The van der Waals surface area contributed by atoms with Crippen LogP contribution in [0.4, 0.5) is 0 Å². The first kappa shape index (κ1) is 60.9. The van der Waals surface area contributed by atoms with Crippen LogP contribution in [0.3, 0.4) is 0 Å². The van der Waals surface area contributed by atoms with Gasteiger partial charge in [0.2, 0.25) is 5.95 Å². The summed E-state index contributed by atoms with van der Waals surface area (Å²) in [6, 6.07) is 150. The van der Waals surface area contributed by atoms with Crippen LogP contribution in [-0.2, 0) is 0 Å². The molecule has 18 aromatic rings. The average molecular weight is 1340 g/mol. The Balaban J connectivity index is 0.941. The van der Waals surface area contributed by atoms with Crippen molar-refractivity contribution in [2.45, 2.75) is 0 Å². The van der Waals surface area contributed by atoms with E-state index in [-0.39, 0.29) is 0 Å². The predicted molar refractivity (Wildman–Crippen MR) is 430 cm³/mol. The van der Waals surface area contributed by atoms with E-state index in [0.29, 0.717) is 17.6 Å². The van der Waals surface area contributed by atoms with Gasteiger partial charge in [0, 0.05) is 38.4 Å². The van der Waals surface area contributed by atoms with E-state index in [4.69, 9.17) is 15.0 Å². The van der Waals surface area contributed by atoms with E-state index in [0.717, 1.165) is 60.4 Å². The molecule has 3 heterocycles. The molecule has 0 unspecified atom stereocenters. The summed E-state index contributed by atoms with van der Waals surface area (Å²) < 4.78 is 4.84. The summed E-state index contributed by atoms with van der Waals surface area (Å²) >= 11 is 0. The van der Waals surface area contributed by atoms with Crippen LogP contribution in [0.2, 0.25) is 0 Å². The van der Waals surface area contributed by atoms with E-state index in [2.05, 4.69) is 416 Å². The summed E-state index contributed by atoms with van der Waals surface area (Å²) in [4.78, 5) is 17.6. The number of benzene rings is 15. The summed E-state index contributed by atoms with van der Waals surface area (Å²) in [7, 11) is -9.07. The molecule has 0 atom stereocenters. The lowest BCUT2D eigenvalue weighted by atomic mass is 10.1. The fraction of sp³-hybridized carbons (Fsp3) is 0. The van der Waals surface area contributed by atoms with Gasteiger partial charge in [0.05, 0.1) is 22.1 Å². The number of nitrogens with zero attached hydrogens (tertiary/aromatic N) is 5. The minimum Gasteiger partial charge on any atom is -0.309 e. The Kier molecular flexibility index (Phi) is 15.5. The standard InChI is InChI=1S/C93H67N5Si3/c1-11-37-70(38-12-1)97-87-64-63-84-83-59-31-32-60-86(83)98(90(84)89(87)85-62-61-82(67-88(85)97)101(77-51-25-8-26-52-77,78-53-27-9-28-54-78)79-55-29-10-30-56-79)93-95-91(68-35-33-57-80(65-68)99(71-39-13-2-14-40-71,72-41-15-3-16-42-72)73-43-17-4-18-44-73)94-92(96-93)69-36-34-58-81(66-69)100(74-45-19-5-20-46-74,75-47-21-6-22-48-75)76-49-23-7-24-50-76/h1-67H. The first-order valence-electron chi connectivity index (χ1n) is 34.7. The molecule has 0 bridgehead atoms. The molecule has 0 N–H and O–H groups in total. The summed E-state index contributed by atoms with van der Waals surface area (Å²) in [5.74, 6) is 1.67. The van der Waals surface area contributed by atoms with Crippen molar-refractivity contribution in [2.75, 3.05) is 0 Å². The van der Waals surface area contributed by atoms with Gasteiger partial charge in [0.15, 0.2) is 35.9 Å². The van der Waals surface area contributed by atoms with Gasteiger partial charge in [-0.2, -0.15) is 9.97 Å². The van der Waals surface area contributed by atoms with Crippen molar-refractivity contribution in [3.05, 3.63) is 406 Å². The number of rotatable bonds is 16. The topological polar surface area (TPSA) is 48.5 Å². The molecule has 0 radical (unpaired) electrons. The molecule has 0 saturated carbocycles. The van der Waals surface area contributed by atoms with Gasteiger partial charge < -0.3 is 4.57 Å². The lowest BCUT2D eigenvalue weighted by Gasteiger charge is -2.34. The van der Waals surface area contributed by atoms with Crippen LogP contribution in [0, 0.1) is 0 Å². The molecule has 3 aromatic heterocycles. The molecule has 0 fully saturated rings. The molecular formula is C93H67N5Si3. The average Bonchev–Trinajstić information content (AvgIpc) is 1.41. The van der Waals surface area contributed by atoms with Crippen LogP contribution >= 0.6 is 0 Å². The largest absolute Gasteiger partial charge is 0.309 e. The molecule has 0 saturated heterocycles. The fourth-order valence-electron chi connectivity index (χ4n) is 16.6. The third-order valence-corrected chi connectivity index (χ3v) is 35.1. The van der Waals surface area contributed by atoms with Crippen molar-refractivity contribution >= 4 is 130 Å². The number of hydrogen-bond donors (Lipinski definition) is 0. The van der Waals surface area contributed by atoms with Crippen molar-refractivity contribution in [1.82, 2.24) is 24.1 Å². The maximum atomic E-state index is 5.89. The smallest absolute Gasteiger partial charge is 0.238 e. The lowest BCUT2D eigenvalue weighted by Crippen LogP contribution is -2.74. The molecule has 476 valence electrons. The summed E-state index contributed by atoms with van der Waals surface area (Å²) in [6.07, 6.45) is 0. The summed E-state index contributed by atoms with van der Waals surface area (Å²) in [6.45, 7) is 0. The van der Waals surface area contributed by atoms with Gasteiger partial charge in [-0.1, -0.05) is 376 Å². The second kappa shape index (κ2) is 25.8. The van der Waals surface area contributed by atoms with Crippen LogP contribution in [0.15, 0.2) is 406 Å². The molecule has 101 heavy (non-hydrogen) atoms. The molecular weight excluding hydrogens is 1270 g/mol. The van der Waals surface area contributed by atoms with Crippen LogP contribution < -0.4 is 62.2 Å². The first-order valence-corrected chi connectivity index (χ1v) is 40.7. The van der Waals surface area contributed by atoms with Gasteiger partial charge >= 0.3 is 0 Å². The van der Waals surface area contributed by atoms with Crippen molar-refractivity contribution in [3.8, 4) is 34.4 Å². The molecule has 8 heteroatoms. The molecule has 0 amide bonds. The first-order chi connectivity index (χ1) is 50.1. The highest BCUT2D eigenvalue weighted by Crippen LogP contribution is 2.42. The van der Waals surface area contributed by atoms with Crippen LogP contribution in [-0.4, -0.2) is 48.3 Å². The number of para-hydroxylation sites is 2. The van der Waals surface area contributed by atoms with Gasteiger partial charge in [-0.3, -0.25) is 4.57 Å². The highest BCUT2D eigenvalue weighted by Gasteiger charge is 2.45. The normalized spacial score (nSPS) is 12.0. The van der Waals surface area contributed by atoms with Gasteiger partial charge in [0.1, 0.15) is 0 Å². The molecule has 0 spiro atoms. The quantitative estimate of drug-likeness (QED) is 0.0715. The molecule has 0 aliphatic carbocycles. The van der Waals surface area contributed by atoms with Gasteiger partial charge in [-0.15, -0.1) is 0 Å². The Morgan fingerprint density at radius 1 is 0.198 bits per heavy atom. The predicted octanol–water partition coefficient (Wildman–Crippen LogP) is 13.5. The van der Waals surface area contributed by atoms with Crippen LogP contribution in [0.5, 0.6) is 0 Å². The second-order valence-corrected chi connectivity index (χ2v) is 37.5. The Morgan fingerprint density at radius 3 is 0.891 bits per heavy atom. The number of hydrogen-bond acceptors (Lipinski definition) is 3. The number of aromatic nitrogens is 5. The van der Waals surface area contributed by atoms with Crippen LogP contribution in [0.1, 0.15) is 0 Å². The fourth-order valence-corrected chi connectivity index (χ4v) is 30.9. The van der Waals surface area contributed by atoms with Crippen molar-refractivity contribution < 1.29 is 0 Å². The van der Waals surface area contributed by atoms with Gasteiger partial charge in [-0.05, 0) is 92.6 Å². The third kappa shape index (κ3) is 10.0. The van der Waals surface area contributed by atoms with Crippen molar-refractivity contribution in [3.63, 3.8) is 0 Å². The highest BCUT2D eigenvalue weighted by molar-refractivity contribution is 7.21. The lowest BCUT2D eigenvalue weighted by molar-refractivity contribution is 0.955. The Morgan fingerprint density at radius 2 is 0.515 bits per heavy atom. The van der Waals surface area contributed by atoms with E-state index in [9.17, 15) is 0 Å². The molecule has 15 aromatic carbocycles. The molecule has 18 rings (SSSR count). The van der Waals surface area contributed by atoms with E-state index >= 15 is 0 Å². The van der Waals surface area contributed by atoms with E-state index in [1.54, 1.807) is 0 Å². The van der Waals surface area contributed by atoms with E-state index in [1.165, 1.54) is 62.2 Å². The van der Waals surface area contributed by atoms with Gasteiger partial charge in [0.25, 0.3) is 0 Å². The molecule has 5 nitrogen and oxygen atoms in total. The Hall–Kier alpha value is -12.4. The minimum absolute atomic E-state index is 0.524. The van der Waals surface area contributed by atoms with Gasteiger partial charge in [-0.25, -0.2) is 4.98 Å². The zero-order valence-electron chi connectivity index (χ0n) is 55.4. The molecule has 0 aliphatic rings. The SMILES string of the molecule is c1ccc(-n2c3cc([Si](c4ccccc4)(c4ccccc4)c4ccccc4)ccc3c3c2ccc2c4ccccc4n(-c4nc(-c5cccc([Si](c6ccccc6)(c6ccccc6)c6ccccc6)c5)nc(-c5cccc([Si](c6ccccc6)(c6ccccc6)c6ccccc6)c5)n4)c23)cc1. The molecule has 0 aliphatic heterocycles. The summed E-state index contributed by atoms with van der Waals surface area (Å²) in [5, 5.41) is 19.9. The van der Waals surface area contributed by atoms with Crippen molar-refractivity contribution in [2.24, 2.45) is 0 Å². The zero-order chi connectivity index (χ0) is 67.2. The Bertz CT molecular complexity index is 5510. The van der Waals surface area contributed by atoms with E-state index in [1.807, 2.05) is 0 Å². The highest BCUT2D eigenvalue weighted by atomic mass is 28.3. The van der Waals surface area contributed by atoms with Crippen molar-refractivity contribution in [1.29, 1.82) is 0 Å². The van der Waals surface area contributed by atoms with E-state index < -0.39 is 24.2 Å². The third-order valence-electron chi connectivity index (χ3n) is 20.8. The maximum Gasteiger partial charge on any atom is 0.238 e. The Labute approximate surface area is 591 Å². The zero-order valence-corrected chi connectivity index (χ0v) is 58.4. The number of fused-ring (bicyclic) bond motifs is 7. The summed E-state index contributed by atoms with van der Waals surface area (Å²) in [5.41, 5.74) is 7.07. The maximum absolute atomic E-state index is 5.89. The monoisotopic (exact) mass is 1340 g/mol. The van der Waals surface area contributed by atoms with Crippen LogP contribution in [0.25, 0.3) is 78.0 Å². The second-order valence-electron chi connectivity index (χ2n) is 26.1. The minimum atomic E-state index is -3.03.